The van der Waals surface area contributed by atoms with Crippen molar-refractivity contribution in [3.8, 4) is 11.1 Å². The van der Waals surface area contributed by atoms with Gasteiger partial charge in [0.15, 0.2) is 5.84 Å². The Kier molecular flexibility index (Phi) is 6.21. The van der Waals surface area contributed by atoms with Crippen LogP contribution in [-0.2, 0) is 0 Å². The van der Waals surface area contributed by atoms with Gasteiger partial charge in [0.05, 0.1) is 0 Å². The number of para-hydroxylation sites is 1. The lowest BCUT2D eigenvalue weighted by Gasteiger charge is -2.24. The third kappa shape index (κ3) is 4.68. The SMILES string of the molecule is c1ccc(C2=NC(c3cc(-c4ccc5ccc6ccccc6c5c4)cc4oc5ccccc5c34)=NC(c3ccc4ccccc4c3)N2)cc1. The molecule has 4 heteroatoms. The Bertz CT molecular complexity index is 2810. The molecule has 2 heterocycles. The molecule has 8 aromatic carbocycles. The number of benzene rings is 8. The molecule has 1 N–H and O–H groups in total. The summed E-state index contributed by atoms with van der Waals surface area (Å²) in [5, 5.41) is 13.0. The van der Waals surface area contributed by atoms with Crippen molar-refractivity contribution in [1.82, 2.24) is 5.32 Å². The van der Waals surface area contributed by atoms with Gasteiger partial charge in [-0.05, 0) is 79.3 Å². The summed E-state index contributed by atoms with van der Waals surface area (Å²) in [7, 11) is 0. The summed E-state index contributed by atoms with van der Waals surface area (Å²) >= 11 is 0. The van der Waals surface area contributed by atoms with Gasteiger partial charge in [-0.15, -0.1) is 0 Å². The zero-order valence-electron chi connectivity index (χ0n) is 26.5. The molecule has 1 unspecified atom stereocenters. The highest BCUT2D eigenvalue weighted by Crippen LogP contribution is 2.38. The van der Waals surface area contributed by atoms with Gasteiger partial charge in [0.2, 0.25) is 0 Å². The summed E-state index contributed by atoms with van der Waals surface area (Å²) in [6, 6.07) is 57.6. The fourth-order valence-electron chi connectivity index (χ4n) is 7.24. The summed E-state index contributed by atoms with van der Waals surface area (Å²) in [4.78, 5) is 10.6. The lowest BCUT2D eigenvalue weighted by molar-refractivity contribution is 0.668. The third-order valence-electron chi connectivity index (χ3n) is 9.68. The molecule has 0 aliphatic carbocycles. The van der Waals surface area contributed by atoms with Gasteiger partial charge in [0.1, 0.15) is 23.2 Å². The minimum Gasteiger partial charge on any atom is -0.456 e. The van der Waals surface area contributed by atoms with Gasteiger partial charge in [0.25, 0.3) is 0 Å². The van der Waals surface area contributed by atoms with Crippen LogP contribution in [0.3, 0.4) is 0 Å². The van der Waals surface area contributed by atoms with Crippen molar-refractivity contribution in [2.75, 3.05) is 0 Å². The van der Waals surface area contributed by atoms with Gasteiger partial charge < -0.3 is 9.73 Å². The monoisotopic (exact) mass is 627 g/mol. The van der Waals surface area contributed by atoms with Crippen molar-refractivity contribution in [1.29, 1.82) is 0 Å². The van der Waals surface area contributed by atoms with Crippen LogP contribution in [0.15, 0.2) is 178 Å². The van der Waals surface area contributed by atoms with Crippen LogP contribution in [0.25, 0.3) is 65.4 Å². The highest BCUT2D eigenvalue weighted by molar-refractivity contribution is 6.23. The predicted molar refractivity (Wildman–Crippen MR) is 204 cm³/mol. The van der Waals surface area contributed by atoms with Crippen LogP contribution in [-0.4, -0.2) is 11.7 Å². The Balaban J connectivity index is 1.22. The molecular formula is C45H29N3O. The van der Waals surface area contributed by atoms with E-state index in [0.29, 0.717) is 5.84 Å². The number of nitrogens with one attached hydrogen (secondary N) is 1. The largest absolute Gasteiger partial charge is 0.456 e. The quantitative estimate of drug-likeness (QED) is 0.197. The molecule has 0 spiro atoms. The van der Waals surface area contributed by atoms with E-state index in [1.807, 2.05) is 30.3 Å². The Morgan fingerprint density at radius 2 is 1.16 bits per heavy atom. The molecule has 230 valence electrons. The fourth-order valence-corrected chi connectivity index (χ4v) is 7.24. The molecule has 0 bridgehead atoms. The zero-order chi connectivity index (χ0) is 32.3. The van der Waals surface area contributed by atoms with Crippen molar-refractivity contribution in [3.05, 3.63) is 180 Å². The molecule has 0 amide bonds. The minimum absolute atomic E-state index is 0.337. The number of rotatable bonds is 4. The van der Waals surface area contributed by atoms with Crippen LogP contribution < -0.4 is 5.32 Å². The van der Waals surface area contributed by atoms with Crippen LogP contribution in [0.1, 0.15) is 22.9 Å². The zero-order valence-corrected chi connectivity index (χ0v) is 26.5. The van der Waals surface area contributed by atoms with Crippen LogP contribution in [0, 0.1) is 0 Å². The van der Waals surface area contributed by atoms with Gasteiger partial charge in [0, 0.05) is 21.9 Å². The van der Waals surface area contributed by atoms with E-state index in [0.717, 1.165) is 55.6 Å². The normalized spacial score (nSPS) is 14.7. The number of aliphatic imine (C=N–C) groups is 2. The average Bonchev–Trinajstić information content (AvgIpc) is 3.56. The van der Waals surface area contributed by atoms with E-state index in [2.05, 4.69) is 139 Å². The number of fused-ring (bicyclic) bond motifs is 7. The van der Waals surface area contributed by atoms with Crippen LogP contribution in [0.2, 0.25) is 0 Å². The molecule has 0 fully saturated rings. The Morgan fingerprint density at radius 3 is 2.04 bits per heavy atom. The molecule has 4 nitrogen and oxygen atoms in total. The van der Waals surface area contributed by atoms with Crippen molar-refractivity contribution >= 4 is 65.9 Å². The molecule has 9 aromatic rings. The van der Waals surface area contributed by atoms with Crippen molar-refractivity contribution in [3.63, 3.8) is 0 Å². The highest BCUT2D eigenvalue weighted by atomic mass is 16.3. The summed E-state index contributed by atoms with van der Waals surface area (Å²) in [5.41, 5.74) is 6.84. The standard InChI is InChI=1S/C45H29N3O/c1-2-12-31(13-3-1)43-46-44(34-23-18-28-10-4-5-14-32(28)24-34)48-45(47-43)39-26-35(27-41-42(39)37-16-8-9-17-40(37)49-41)33-22-21-30-20-19-29-11-6-7-15-36(29)38(30)25-33/h1-27,44H,(H,46,47,48). The van der Waals surface area contributed by atoms with Gasteiger partial charge in [-0.1, -0.05) is 133 Å². The molecular weight excluding hydrogens is 599 g/mol. The van der Waals surface area contributed by atoms with Crippen LogP contribution >= 0.6 is 0 Å². The molecule has 1 atom stereocenters. The highest BCUT2D eigenvalue weighted by Gasteiger charge is 2.24. The van der Waals surface area contributed by atoms with Crippen molar-refractivity contribution in [2.24, 2.45) is 9.98 Å². The first-order chi connectivity index (χ1) is 24.2. The van der Waals surface area contributed by atoms with E-state index in [1.165, 1.54) is 32.3 Å². The van der Waals surface area contributed by atoms with E-state index in [1.54, 1.807) is 0 Å². The number of hydrogen-bond acceptors (Lipinski definition) is 4. The first-order valence-corrected chi connectivity index (χ1v) is 16.6. The molecule has 1 aliphatic heterocycles. The first-order valence-electron chi connectivity index (χ1n) is 16.6. The Labute approximate surface area is 282 Å². The predicted octanol–water partition coefficient (Wildman–Crippen LogP) is 11.2. The average molecular weight is 628 g/mol. The molecule has 0 saturated carbocycles. The lowest BCUT2D eigenvalue weighted by atomic mass is 9.94. The van der Waals surface area contributed by atoms with E-state index in [4.69, 9.17) is 14.4 Å². The fraction of sp³-hybridized carbons (Fsp3) is 0.0222. The van der Waals surface area contributed by atoms with Crippen LogP contribution in [0.5, 0.6) is 0 Å². The summed E-state index contributed by atoms with van der Waals surface area (Å²) in [6.07, 6.45) is -0.337. The van der Waals surface area contributed by atoms with E-state index in [9.17, 15) is 0 Å². The maximum atomic E-state index is 6.56. The van der Waals surface area contributed by atoms with Gasteiger partial charge in [-0.2, -0.15) is 0 Å². The van der Waals surface area contributed by atoms with Crippen molar-refractivity contribution < 1.29 is 4.42 Å². The molecule has 1 aliphatic rings. The summed E-state index contributed by atoms with van der Waals surface area (Å²) < 4.78 is 6.56. The molecule has 0 radical (unpaired) electrons. The van der Waals surface area contributed by atoms with Gasteiger partial charge >= 0.3 is 0 Å². The second-order valence-corrected chi connectivity index (χ2v) is 12.7. The Hall–Kier alpha value is -6.52. The molecule has 49 heavy (non-hydrogen) atoms. The minimum atomic E-state index is -0.337. The molecule has 0 saturated heterocycles. The lowest BCUT2D eigenvalue weighted by Crippen LogP contribution is -2.33. The van der Waals surface area contributed by atoms with Crippen LogP contribution in [0.4, 0.5) is 0 Å². The van der Waals surface area contributed by atoms with Crippen molar-refractivity contribution in [2.45, 2.75) is 6.17 Å². The van der Waals surface area contributed by atoms with Gasteiger partial charge in [-0.3, -0.25) is 0 Å². The maximum Gasteiger partial charge on any atom is 0.160 e. The third-order valence-corrected chi connectivity index (χ3v) is 9.68. The number of nitrogens with zero attached hydrogens (tertiary/aromatic N) is 2. The second kappa shape index (κ2) is 11.0. The summed E-state index contributed by atoms with van der Waals surface area (Å²) in [5.74, 6) is 1.45. The van der Waals surface area contributed by atoms with E-state index < -0.39 is 0 Å². The smallest absolute Gasteiger partial charge is 0.160 e. The van der Waals surface area contributed by atoms with E-state index >= 15 is 0 Å². The molecule has 1 aromatic heterocycles. The number of furan rings is 1. The maximum absolute atomic E-state index is 6.56. The molecule has 10 rings (SSSR count). The Morgan fingerprint density at radius 1 is 0.469 bits per heavy atom. The van der Waals surface area contributed by atoms with Gasteiger partial charge in [-0.25, -0.2) is 9.98 Å². The van der Waals surface area contributed by atoms with E-state index in [-0.39, 0.29) is 6.17 Å². The number of amidine groups is 2. The second-order valence-electron chi connectivity index (χ2n) is 12.7. The number of hydrogen-bond donors (Lipinski definition) is 1. The first kappa shape index (κ1) is 27.6. The topological polar surface area (TPSA) is 49.9 Å². The summed E-state index contributed by atoms with van der Waals surface area (Å²) in [6.45, 7) is 0.